The Balaban J connectivity index is 1.61. The van der Waals surface area contributed by atoms with Crippen molar-refractivity contribution >= 4 is 52.1 Å². The molecule has 1 heterocycles. The third kappa shape index (κ3) is 7.26. The van der Waals surface area contributed by atoms with E-state index in [4.69, 9.17) is 19.3 Å². The molecule has 11 nitrogen and oxygen atoms in total. The van der Waals surface area contributed by atoms with Gasteiger partial charge < -0.3 is 24.6 Å². The number of hydrogen-bond acceptors (Lipinski definition) is 9. The molecule has 3 aromatic rings. The predicted octanol–water partition coefficient (Wildman–Crippen LogP) is 4.74. The molecule has 218 valence electrons. The van der Waals surface area contributed by atoms with Gasteiger partial charge in [0, 0.05) is 12.1 Å². The smallest absolute Gasteiger partial charge is 0.338 e. The summed E-state index contributed by atoms with van der Waals surface area (Å²) in [5.41, 5.74) is 2.08. The summed E-state index contributed by atoms with van der Waals surface area (Å²) >= 11 is 1.13. The van der Waals surface area contributed by atoms with Crippen LogP contribution in [-0.2, 0) is 20.9 Å². The Morgan fingerprint density at radius 1 is 0.976 bits per heavy atom. The predicted molar refractivity (Wildman–Crippen MR) is 158 cm³/mol. The standard InChI is InChI=1S/C30H29N3O8S/c1-4-41-29(38)20-8-12-22(13-9-20)32-30-33(17-18-5-14-23(39-2)24(15-18)40-3)26(34)16-25(42-30)27(35)31-21-10-6-19(7-11-21)28(36)37/h5-15,25H,4,16-17H2,1-3H3,(H,31,35)(H,36,37). The molecule has 0 saturated carbocycles. The summed E-state index contributed by atoms with van der Waals surface area (Å²) < 4.78 is 15.7. The van der Waals surface area contributed by atoms with Crippen LogP contribution in [0, 0.1) is 0 Å². The molecular weight excluding hydrogens is 562 g/mol. The maximum atomic E-state index is 13.4. The van der Waals surface area contributed by atoms with E-state index in [2.05, 4.69) is 10.3 Å². The molecule has 0 spiro atoms. The molecule has 2 amide bonds. The Bertz CT molecular complexity index is 1510. The third-order valence-electron chi connectivity index (χ3n) is 6.22. The number of ether oxygens (including phenoxy) is 3. The van der Waals surface area contributed by atoms with Crippen LogP contribution in [0.2, 0.25) is 0 Å². The van der Waals surface area contributed by atoms with Gasteiger partial charge in [0.05, 0.1) is 44.2 Å². The minimum atomic E-state index is -1.08. The van der Waals surface area contributed by atoms with Gasteiger partial charge in [-0.25, -0.2) is 14.6 Å². The lowest BCUT2D eigenvalue weighted by Gasteiger charge is -2.32. The Hall–Kier alpha value is -4.84. The minimum Gasteiger partial charge on any atom is -0.493 e. The number of aliphatic imine (C=N–C) groups is 1. The number of benzene rings is 3. The molecule has 2 N–H and O–H groups in total. The fourth-order valence-electron chi connectivity index (χ4n) is 4.07. The molecule has 1 atom stereocenters. The zero-order valence-electron chi connectivity index (χ0n) is 23.2. The van der Waals surface area contributed by atoms with Crippen LogP contribution in [0.4, 0.5) is 11.4 Å². The number of rotatable bonds is 10. The van der Waals surface area contributed by atoms with Gasteiger partial charge in [0.15, 0.2) is 16.7 Å². The molecule has 42 heavy (non-hydrogen) atoms. The number of esters is 1. The number of amidine groups is 1. The molecule has 1 aliphatic rings. The van der Waals surface area contributed by atoms with Gasteiger partial charge in [-0.2, -0.15) is 0 Å². The lowest BCUT2D eigenvalue weighted by atomic mass is 10.1. The van der Waals surface area contributed by atoms with Crippen molar-refractivity contribution < 1.29 is 38.5 Å². The second-order valence-corrected chi connectivity index (χ2v) is 10.2. The van der Waals surface area contributed by atoms with Crippen molar-refractivity contribution in [2.75, 3.05) is 26.1 Å². The molecular formula is C30H29N3O8S. The number of carboxylic acids is 1. The van der Waals surface area contributed by atoms with E-state index in [-0.39, 0.29) is 31.0 Å². The van der Waals surface area contributed by atoms with Crippen molar-refractivity contribution in [1.82, 2.24) is 4.90 Å². The second kappa shape index (κ2) is 13.7. The Morgan fingerprint density at radius 3 is 2.26 bits per heavy atom. The van der Waals surface area contributed by atoms with Crippen LogP contribution in [0.5, 0.6) is 11.5 Å². The number of carbonyl (C=O) groups is 4. The van der Waals surface area contributed by atoms with E-state index in [0.29, 0.717) is 33.6 Å². The average Bonchev–Trinajstić information content (AvgIpc) is 2.99. The van der Waals surface area contributed by atoms with E-state index in [1.165, 1.54) is 43.4 Å². The number of aromatic carboxylic acids is 1. The van der Waals surface area contributed by atoms with E-state index < -0.39 is 23.1 Å². The fourth-order valence-corrected chi connectivity index (χ4v) is 5.17. The first-order valence-corrected chi connectivity index (χ1v) is 13.8. The highest BCUT2D eigenvalue weighted by molar-refractivity contribution is 8.15. The lowest BCUT2D eigenvalue weighted by Crippen LogP contribution is -2.44. The maximum Gasteiger partial charge on any atom is 0.338 e. The fraction of sp³-hybridized carbons (Fsp3) is 0.233. The molecule has 0 aromatic heterocycles. The second-order valence-electron chi connectivity index (χ2n) is 9.01. The number of nitrogens with zero attached hydrogens (tertiary/aromatic N) is 2. The van der Waals surface area contributed by atoms with Crippen molar-refractivity contribution in [3.05, 3.63) is 83.4 Å². The van der Waals surface area contributed by atoms with E-state index >= 15 is 0 Å². The summed E-state index contributed by atoms with van der Waals surface area (Å²) in [6.45, 7) is 2.14. The van der Waals surface area contributed by atoms with Crippen LogP contribution in [0.3, 0.4) is 0 Å². The van der Waals surface area contributed by atoms with Gasteiger partial charge in [0.2, 0.25) is 11.8 Å². The monoisotopic (exact) mass is 591 g/mol. The zero-order valence-corrected chi connectivity index (χ0v) is 24.0. The van der Waals surface area contributed by atoms with Gasteiger partial charge >= 0.3 is 11.9 Å². The highest BCUT2D eigenvalue weighted by Gasteiger charge is 2.36. The van der Waals surface area contributed by atoms with Crippen molar-refractivity contribution in [2.24, 2.45) is 4.99 Å². The van der Waals surface area contributed by atoms with Crippen molar-refractivity contribution in [1.29, 1.82) is 0 Å². The third-order valence-corrected chi connectivity index (χ3v) is 7.41. The lowest BCUT2D eigenvalue weighted by molar-refractivity contribution is -0.129. The van der Waals surface area contributed by atoms with Gasteiger partial charge in [0.1, 0.15) is 5.25 Å². The quantitative estimate of drug-likeness (QED) is 0.320. The van der Waals surface area contributed by atoms with Gasteiger partial charge in [-0.3, -0.25) is 14.5 Å². The molecule has 0 radical (unpaired) electrons. The van der Waals surface area contributed by atoms with Crippen LogP contribution in [0.1, 0.15) is 39.6 Å². The van der Waals surface area contributed by atoms with Gasteiger partial charge in [-0.15, -0.1) is 0 Å². The first kappa shape index (κ1) is 30.1. The molecule has 0 bridgehead atoms. The zero-order chi connectivity index (χ0) is 30.2. The van der Waals surface area contributed by atoms with Gasteiger partial charge in [-0.1, -0.05) is 17.8 Å². The summed E-state index contributed by atoms with van der Waals surface area (Å²) in [7, 11) is 3.06. The number of carboxylic acid groups (broad SMARTS) is 1. The summed E-state index contributed by atoms with van der Waals surface area (Å²) in [5.74, 6) is -1.22. The van der Waals surface area contributed by atoms with Crippen LogP contribution < -0.4 is 14.8 Å². The van der Waals surface area contributed by atoms with Crippen LogP contribution in [0.15, 0.2) is 71.7 Å². The first-order valence-electron chi connectivity index (χ1n) is 12.9. The van der Waals surface area contributed by atoms with E-state index in [1.807, 2.05) is 6.07 Å². The van der Waals surface area contributed by atoms with Crippen molar-refractivity contribution in [2.45, 2.75) is 25.1 Å². The number of thioether (sulfide) groups is 1. The molecule has 1 unspecified atom stereocenters. The Labute approximate surface area is 246 Å². The summed E-state index contributed by atoms with van der Waals surface area (Å²) in [4.78, 5) is 56.0. The van der Waals surface area contributed by atoms with Crippen LogP contribution >= 0.6 is 11.8 Å². The minimum absolute atomic E-state index is 0.0855. The molecule has 1 saturated heterocycles. The number of nitrogens with one attached hydrogen (secondary N) is 1. The number of carbonyl (C=O) groups excluding carboxylic acids is 3. The first-order chi connectivity index (χ1) is 20.2. The molecule has 4 rings (SSSR count). The topological polar surface area (TPSA) is 144 Å². The van der Waals surface area contributed by atoms with Crippen LogP contribution in [-0.4, -0.2) is 65.0 Å². The van der Waals surface area contributed by atoms with Crippen molar-refractivity contribution in [3.63, 3.8) is 0 Å². The largest absolute Gasteiger partial charge is 0.493 e. The molecule has 0 aliphatic carbocycles. The Kier molecular flexibility index (Phi) is 9.81. The Morgan fingerprint density at radius 2 is 1.64 bits per heavy atom. The average molecular weight is 592 g/mol. The van der Waals surface area contributed by atoms with Crippen LogP contribution in [0.25, 0.3) is 0 Å². The normalized spacial score (nSPS) is 15.7. The van der Waals surface area contributed by atoms with Gasteiger partial charge in [-0.05, 0) is 73.2 Å². The molecule has 1 aliphatic heterocycles. The summed E-state index contributed by atoms with van der Waals surface area (Å²) in [6, 6.07) is 17.5. The highest BCUT2D eigenvalue weighted by atomic mass is 32.2. The summed E-state index contributed by atoms with van der Waals surface area (Å²) in [6.07, 6.45) is -0.0855. The maximum absolute atomic E-state index is 13.4. The number of amides is 2. The number of methoxy groups -OCH3 is 2. The molecule has 3 aromatic carbocycles. The van der Waals surface area contributed by atoms with Crippen molar-refractivity contribution in [3.8, 4) is 11.5 Å². The van der Waals surface area contributed by atoms with Gasteiger partial charge in [0.25, 0.3) is 0 Å². The number of anilines is 1. The summed E-state index contributed by atoms with van der Waals surface area (Å²) in [5, 5.41) is 11.4. The highest BCUT2D eigenvalue weighted by Crippen LogP contribution is 2.33. The number of hydrogen-bond donors (Lipinski definition) is 2. The van der Waals surface area contributed by atoms with E-state index in [9.17, 15) is 19.2 Å². The SMILES string of the molecule is CCOC(=O)c1ccc(N=C2SC(C(=O)Nc3ccc(C(=O)O)cc3)CC(=O)N2Cc2ccc(OC)c(OC)c2)cc1. The molecule has 1 fully saturated rings. The van der Waals surface area contributed by atoms with E-state index in [0.717, 1.165) is 17.3 Å². The van der Waals surface area contributed by atoms with E-state index in [1.54, 1.807) is 43.3 Å². The molecule has 12 heteroatoms.